The summed E-state index contributed by atoms with van der Waals surface area (Å²) in [7, 11) is 0. The lowest BCUT2D eigenvalue weighted by Crippen LogP contribution is -2.16. The van der Waals surface area contributed by atoms with Crippen LogP contribution < -0.4 is 10.1 Å². The third-order valence-corrected chi connectivity index (χ3v) is 5.47. The van der Waals surface area contributed by atoms with Gasteiger partial charge < -0.3 is 14.6 Å². The van der Waals surface area contributed by atoms with Gasteiger partial charge in [0.1, 0.15) is 12.4 Å². The molecule has 31 heavy (non-hydrogen) atoms. The number of aromatic nitrogens is 3. The van der Waals surface area contributed by atoms with Crippen LogP contribution in [0.4, 0.5) is 18.9 Å². The van der Waals surface area contributed by atoms with E-state index < -0.39 is 29.0 Å². The van der Waals surface area contributed by atoms with E-state index in [1.54, 1.807) is 0 Å². The number of nitrogens with zero attached hydrogens (tertiary/aromatic N) is 3. The second kappa shape index (κ2) is 9.86. The third kappa shape index (κ3) is 5.19. The van der Waals surface area contributed by atoms with Crippen molar-refractivity contribution in [2.45, 2.75) is 39.1 Å². The smallest absolute Gasteiger partial charge is 0.234 e. The molecule has 1 aromatic heterocycles. The molecule has 2 aromatic carbocycles. The first-order valence-corrected chi connectivity index (χ1v) is 10.5. The molecule has 164 valence electrons. The van der Waals surface area contributed by atoms with Crippen LogP contribution in [0, 0.1) is 31.3 Å². The van der Waals surface area contributed by atoms with Crippen molar-refractivity contribution in [3.63, 3.8) is 0 Å². The van der Waals surface area contributed by atoms with Gasteiger partial charge in [-0.25, -0.2) is 13.2 Å². The molecule has 3 rings (SSSR count). The molecule has 0 radical (unpaired) electrons. The molecular weight excluding hydrogens is 429 g/mol. The number of anilines is 1. The van der Waals surface area contributed by atoms with E-state index in [1.165, 1.54) is 0 Å². The van der Waals surface area contributed by atoms with Crippen LogP contribution in [0.15, 0.2) is 35.5 Å². The van der Waals surface area contributed by atoms with Crippen molar-refractivity contribution in [2.24, 2.45) is 0 Å². The number of rotatable bonds is 8. The second-order valence-corrected chi connectivity index (χ2v) is 7.65. The first kappa shape index (κ1) is 22.7. The number of hydrogen-bond acceptors (Lipinski definition) is 5. The summed E-state index contributed by atoms with van der Waals surface area (Å²) in [6.07, 6.45) is 0. The van der Waals surface area contributed by atoms with Crippen LogP contribution in [0.25, 0.3) is 0 Å². The third-order valence-electron chi connectivity index (χ3n) is 4.51. The average Bonchev–Trinajstić information content (AvgIpc) is 3.14. The SMILES string of the molecule is CCn1c(COc2c(C)cccc2C)nnc1SCC(=O)Nc1ccc(F)c(F)c1F. The number of ether oxygens (including phenoxy) is 1. The summed E-state index contributed by atoms with van der Waals surface area (Å²) < 4.78 is 47.8. The van der Waals surface area contributed by atoms with Gasteiger partial charge in [-0.05, 0) is 44.0 Å². The summed E-state index contributed by atoms with van der Waals surface area (Å²) in [4.78, 5) is 12.1. The Morgan fingerprint density at radius 2 is 1.81 bits per heavy atom. The summed E-state index contributed by atoms with van der Waals surface area (Å²) in [6.45, 7) is 6.59. The zero-order valence-electron chi connectivity index (χ0n) is 17.2. The van der Waals surface area contributed by atoms with Gasteiger partial charge in [-0.2, -0.15) is 0 Å². The van der Waals surface area contributed by atoms with Crippen LogP contribution in [0.3, 0.4) is 0 Å². The highest BCUT2D eigenvalue weighted by molar-refractivity contribution is 7.99. The van der Waals surface area contributed by atoms with Gasteiger partial charge in [-0.1, -0.05) is 30.0 Å². The molecule has 10 heteroatoms. The molecule has 0 spiro atoms. The lowest BCUT2D eigenvalue weighted by atomic mass is 10.1. The van der Waals surface area contributed by atoms with Crippen LogP contribution in [-0.4, -0.2) is 26.4 Å². The summed E-state index contributed by atoms with van der Waals surface area (Å²) in [5, 5.41) is 11.0. The number of nitrogens with one attached hydrogen (secondary N) is 1. The molecule has 0 fully saturated rings. The van der Waals surface area contributed by atoms with Crippen LogP contribution in [0.1, 0.15) is 23.9 Å². The Morgan fingerprint density at radius 1 is 1.10 bits per heavy atom. The molecular formula is C21H21F3N4O2S. The number of carbonyl (C=O) groups excluding carboxylic acids is 1. The van der Waals surface area contributed by atoms with Gasteiger partial charge in [0, 0.05) is 6.54 Å². The molecule has 0 aliphatic carbocycles. The van der Waals surface area contributed by atoms with Gasteiger partial charge >= 0.3 is 0 Å². The average molecular weight is 450 g/mol. The topological polar surface area (TPSA) is 69.0 Å². The number of aryl methyl sites for hydroxylation is 2. The Balaban J connectivity index is 1.63. The van der Waals surface area contributed by atoms with Gasteiger partial charge in [0.25, 0.3) is 0 Å². The molecule has 3 aromatic rings. The van der Waals surface area contributed by atoms with Crippen molar-refractivity contribution >= 4 is 23.4 Å². The standard InChI is InChI=1S/C21H21F3N4O2S/c1-4-28-16(10-30-20-12(2)6-5-7-13(20)3)26-27-21(28)31-11-17(29)25-15-9-8-14(22)18(23)19(15)24/h5-9H,4,10-11H2,1-3H3,(H,25,29). The van der Waals surface area contributed by atoms with Gasteiger partial charge in [0.2, 0.25) is 5.91 Å². The molecule has 0 aliphatic rings. The summed E-state index contributed by atoms with van der Waals surface area (Å²) in [5.41, 5.74) is 1.60. The first-order chi connectivity index (χ1) is 14.8. The Kier molecular flexibility index (Phi) is 7.21. The Morgan fingerprint density at radius 3 is 2.48 bits per heavy atom. The predicted octanol–water partition coefficient (Wildman–Crippen LogP) is 4.64. The molecule has 0 bridgehead atoms. The molecule has 0 unspecified atom stereocenters. The number of amides is 1. The lowest BCUT2D eigenvalue weighted by Gasteiger charge is -2.12. The lowest BCUT2D eigenvalue weighted by molar-refractivity contribution is -0.113. The van der Waals surface area contributed by atoms with Crippen molar-refractivity contribution in [2.75, 3.05) is 11.1 Å². The molecule has 1 amide bonds. The first-order valence-electron chi connectivity index (χ1n) is 9.49. The Bertz CT molecular complexity index is 1080. The van der Waals surface area contributed by atoms with E-state index in [2.05, 4.69) is 15.5 Å². The molecule has 0 atom stereocenters. The maximum absolute atomic E-state index is 13.7. The van der Waals surface area contributed by atoms with Gasteiger partial charge in [0.15, 0.2) is 28.4 Å². The van der Waals surface area contributed by atoms with Crippen LogP contribution in [-0.2, 0) is 17.9 Å². The number of para-hydroxylation sites is 1. The maximum Gasteiger partial charge on any atom is 0.234 e. The Hall–Kier alpha value is -3.01. The van der Waals surface area contributed by atoms with E-state index in [0.717, 1.165) is 40.8 Å². The molecule has 0 aliphatic heterocycles. The van der Waals surface area contributed by atoms with E-state index in [4.69, 9.17) is 4.74 Å². The van der Waals surface area contributed by atoms with Crippen LogP contribution in [0.2, 0.25) is 0 Å². The van der Waals surface area contributed by atoms with E-state index in [-0.39, 0.29) is 12.4 Å². The fourth-order valence-electron chi connectivity index (χ4n) is 2.95. The number of benzene rings is 2. The van der Waals surface area contributed by atoms with E-state index in [9.17, 15) is 18.0 Å². The molecule has 0 saturated heterocycles. The van der Waals surface area contributed by atoms with Crippen LogP contribution >= 0.6 is 11.8 Å². The number of hydrogen-bond donors (Lipinski definition) is 1. The zero-order valence-corrected chi connectivity index (χ0v) is 18.0. The molecule has 6 nitrogen and oxygen atoms in total. The highest BCUT2D eigenvalue weighted by Crippen LogP contribution is 2.25. The van der Waals surface area contributed by atoms with Crippen molar-refractivity contribution in [1.29, 1.82) is 0 Å². The minimum absolute atomic E-state index is 0.117. The Labute approximate surface area is 181 Å². The zero-order chi connectivity index (χ0) is 22.5. The largest absolute Gasteiger partial charge is 0.485 e. The summed E-state index contributed by atoms with van der Waals surface area (Å²) >= 11 is 1.09. The summed E-state index contributed by atoms with van der Waals surface area (Å²) in [6, 6.07) is 7.59. The summed E-state index contributed by atoms with van der Waals surface area (Å²) in [5.74, 6) is -3.72. The molecule has 1 heterocycles. The highest BCUT2D eigenvalue weighted by atomic mass is 32.2. The van der Waals surface area contributed by atoms with Crippen molar-refractivity contribution in [3.8, 4) is 5.75 Å². The monoisotopic (exact) mass is 450 g/mol. The van der Waals surface area contributed by atoms with Gasteiger partial charge in [-0.3, -0.25) is 4.79 Å². The predicted molar refractivity (Wildman–Crippen MR) is 112 cm³/mol. The van der Waals surface area contributed by atoms with Gasteiger partial charge in [-0.15, -0.1) is 10.2 Å². The fraction of sp³-hybridized carbons (Fsp3) is 0.286. The molecule has 0 saturated carbocycles. The second-order valence-electron chi connectivity index (χ2n) is 6.71. The number of halogens is 3. The van der Waals surface area contributed by atoms with Crippen molar-refractivity contribution in [1.82, 2.24) is 14.8 Å². The maximum atomic E-state index is 13.7. The fourth-order valence-corrected chi connectivity index (χ4v) is 3.77. The van der Waals surface area contributed by atoms with Crippen molar-refractivity contribution in [3.05, 3.63) is 64.7 Å². The van der Waals surface area contributed by atoms with E-state index >= 15 is 0 Å². The minimum Gasteiger partial charge on any atom is -0.485 e. The van der Waals surface area contributed by atoms with Crippen LogP contribution in [0.5, 0.6) is 5.75 Å². The van der Waals surface area contributed by atoms with Gasteiger partial charge in [0.05, 0.1) is 11.4 Å². The van der Waals surface area contributed by atoms with Crippen molar-refractivity contribution < 1.29 is 22.7 Å². The van der Waals surface area contributed by atoms with E-state index in [1.807, 2.05) is 43.5 Å². The molecule has 1 N–H and O–H groups in total. The highest BCUT2D eigenvalue weighted by Gasteiger charge is 2.17. The minimum atomic E-state index is -1.63. The number of carbonyl (C=O) groups is 1. The number of thioether (sulfide) groups is 1. The van der Waals surface area contributed by atoms with E-state index in [0.29, 0.717) is 17.5 Å². The normalized spacial score (nSPS) is 10.9. The quantitative estimate of drug-likeness (QED) is 0.400.